The normalized spacial score (nSPS) is 11.3. The molecule has 0 aromatic heterocycles. The predicted octanol–water partition coefficient (Wildman–Crippen LogP) is 3.29. The highest BCUT2D eigenvalue weighted by Gasteiger charge is 2.06. The summed E-state index contributed by atoms with van der Waals surface area (Å²) in [5.41, 5.74) is 0. The molecule has 88 valence electrons. The topological polar surface area (TPSA) is 27.0 Å². The fourth-order valence-corrected chi connectivity index (χ4v) is 1.74. The van der Waals surface area contributed by atoms with Crippen LogP contribution in [0, 0.1) is 23.2 Å². The van der Waals surface area contributed by atoms with E-state index in [4.69, 9.17) is 5.26 Å². The van der Waals surface area contributed by atoms with Gasteiger partial charge in [-0.15, -0.1) is 0 Å². The third-order valence-corrected chi connectivity index (χ3v) is 2.42. The van der Waals surface area contributed by atoms with Crippen LogP contribution in [0.4, 0.5) is 0 Å². The minimum Gasteiger partial charge on any atom is -0.302 e. The van der Waals surface area contributed by atoms with Crippen molar-refractivity contribution >= 4 is 0 Å². The van der Waals surface area contributed by atoms with Gasteiger partial charge in [0.2, 0.25) is 0 Å². The Bertz CT molecular complexity index is 179. The predicted molar refractivity (Wildman–Crippen MR) is 65.6 cm³/mol. The summed E-state index contributed by atoms with van der Waals surface area (Å²) in [7, 11) is 0. The van der Waals surface area contributed by atoms with E-state index in [9.17, 15) is 0 Å². The number of nitriles is 1. The van der Waals surface area contributed by atoms with Gasteiger partial charge in [0.05, 0.1) is 6.07 Å². The lowest BCUT2D eigenvalue weighted by molar-refractivity contribution is 0.241. The van der Waals surface area contributed by atoms with E-state index in [1.165, 1.54) is 12.8 Å². The maximum atomic E-state index is 8.59. The number of hydrogen-bond donors (Lipinski definition) is 0. The first-order valence-corrected chi connectivity index (χ1v) is 6.15. The monoisotopic (exact) mass is 210 g/mol. The molecule has 0 unspecified atom stereocenters. The van der Waals surface area contributed by atoms with Gasteiger partial charge in [-0.05, 0) is 31.2 Å². The zero-order valence-electron chi connectivity index (χ0n) is 10.8. The minimum absolute atomic E-state index is 0.661. The van der Waals surface area contributed by atoms with Crippen molar-refractivity contribution in [1.29, 1.82) is 5.26 Å². The summed E-state index contributed by atoms with van der Waals surface area (Å²) in [6, 6.07) is 2.23. The zero-order chi connectivity index (χ0) is 11.7. The summed E-state index contributed by atoms with van der Waals surface area (Å²) in [5.74, 6) is 1.49. The van der Waals surface area contributed by atoms with Crippen LogP contribution in [0.15, 0.2) is 0 Å². The van der Waals surface area contributed by atoms with Crippen LogP contribution in [0.2, 0.25) is 0 Å². The van der Waals surface area contributed by atoms with Crippen molar-refractivity contribution in [1.82, 2.24) is 4.90 Å². The standard InChI is InChI=1S/C13H26N2/c1-12(2)7-5-9-15(10-6-8-14)11-13(3)4/h12-13H,5-7,9-11H2,1-4H3. The van der Waals surface area contributed by atoms with Gasteiger partial charge in [-0.2, -0.15) is 5.26 Å². The third-order valence-electron chi connectivity index (χ3n) is 2.42. The highest BCUT2D eigenvalue weighted by Crippen LogP contribution is 2.07. The quantitative estimate of drug-likeness (QED) is 0.614. The molecule has 15 heavy (non-hydrogen) atoms. The zero-order valence-corrected chi connectivity index (χ0v) is 10.8. The average Bonchev–Trinajstić information content (AvgIpc) is 2.12. The van der Waals surface area contributed by atoms with Crippen LogP contribution >= 0.6 is 0 Å². The van der Waals surface area contributed by atoms with Crippen molar-refractivity contribution in [3.05, 3.63) is 0 Å². The van der Waals surface area contributed by atoms with E-state index in [1.54, 1.807) is 0 Å². The Balaban J connectivity index is 3.75. The molecule has 0 aliphatic carbocycles. The second-order valence-corrected chi connectivity index (χ2v) is 5.14. The SMILES string of the molecule is CC(C)CCCN(CCC#N)CC(C)C. The van der Waals surface area contributed by atoms with Crippen LogP contribution in [-0.2, 0) is 0 Å². The molecule has 0 saturated heterocycles. The van der Waals surface area contributed by atoms with E-state index in [-0.39, 0.29) is 0 Å². The van der Waals surface area contributed by atoms with Gasteiger partial charge in [-0.25, -0.2) is 0 Å². The van der Waals surface area contributed by atoms with Gasteiger partial charge >= 0.3 is 0 Å². The molecule has 0 amide bonds. The first kappa shape index (κ1) is 14.5. The summed E-state index contributed by atoms with van der Waals surface area (Å²) in [4.78, 5) is 2.43. The van der Waals surface area contributed by atoms with Crippen LogP contribution in [0.3, 0.4) is 0 Å². The molecule has 0 rings (SSSR count). The summed E-state index contributed by atoms with van der Waals surface area (Å²) in [6.45, 7) is 12.2. The molecule has 0 aliphatic heterocycles. The van der Waals surface area contributed by atoms with Crippen LogP contribution in [0.25, 0.3) is 0 Å². The molecule has 0 heterocycles. The fourth-order valence-electron chi connectivity index (χ4n) is 1.74. The van der Waals surface area contributed by atoms with Gasteiger partial charge in [0.25, 0.3) is 0 Å². The lowest BCUT2D eigenvalue weighted by Crippen LogP contribution is -2.30. The van der Waals surface area contributed by atoms with Crippen LogP contribution in [0.5, 0.6) is 0 Å². The molecule has 2 nitrogen and oxygen atoms in total. The first-order chi connectivity index (χ1) is 7.06. The highest BCUT2D eigenvalue weighted by atomic mass is 15.1. The van der Waals surface area contributed by atoms with Crippen molar-refractivity contribution in [3.63, 3.8) is 0 Å². The van der Waals surface area contributed by atoms with Crippen LogP contribution in [0.1, 0.15) is 47.0 Å². The van der Waals surface area contributed by atoms with Crippen LogP contribution < -0.4 is 0 Å². The Morgan fingerprint density at radius 3 is 2.20 bits per heavy atom. The molecule has 0 aromatic carbocycles. The van der Waals surface area contributed by atoms with Crippen molar-refractivity contribution < 1.29 is 0 Å². The number of hydrogen-bond acceptors (Lipinski definition) is 2. The lowest BCUT2D eigenvalue weighted by Gasteiger charge is -2.23. The molecule has 0 aliphatic rings. The Kier molecular flexibility index (Phi) is 8.41. The number of rotatable bonds is 8. The molecule has 2 heteroatoms. The minimum atomic E-state index is 0.661. The average molecular weight is 210 g/mol. The second kappa shape index (κ2) is 8.73. The summed E-state index contributed by atoms with van der Waals surface area (Å²) in [6.07, 6.45) is 3.21. The Morgan fingerprint density at radius 1 is 1.07 bits per heavy atom. The number of nitrogens with zero attached hydrogens (tertiary/aromatic N) is 2. The van der Waals surface area contributed by atoms with Gasteiger partial charge in [0.15, 0.2) is 0 Å². The molecule has 0 fully saturated rings. The van der Waals surface area contributed by atoms with E-state index in [0.717, 1.165) is 25.6 Å². The molecule has 0 radical (unpaired) electrons. The maximum Gasteiger partial charge on any atom is 0.0635 e. The van der Waals surface area contributed by atoms with Crippen molar-refractivity contribution in [2.24, 2.45) is 11.8 Å². The third kappa shape index (κ3) is 9.75. The second-order valence-electron chi connectivity index (χ2n) is 5.14. The van der Waals surface area contributed by atoms with Gasteiger partial charge in [-0.1, -0.05) is 27.7 Å². The van der Waals surface area contributed by atoms with Gasteiger partial charge < -0.3 is 4.90 Å². The maximum absolute atomic E-state index is 8.59. The van der Waals surface area contributed by atoms with E-state index >= 15 is 0 Å². The fraction of sp³-hybridized carbons (Fsp3) is 0.923. The molecular formula is C13H26N2. The van der Waals surface area contributed by atoms with Gasteiger partial charge in [0.1, 0.15) is 0 Å². The van der Waals surface area contributed by atoms with E-state index in [2.05, 4.69) is 38.7 Å². The van der Waals surface area contributed by atoms with Gasteiger partial charge in [-0.3, -0.25) is 0 Å². The van der Waals surface area contributed by atoms with Crippen molar-refractivity contribution in [2.45, 2.75) is 47.0 Å². The highest BCUT2D eigenvalue weighted by molar-refractivity contribution is 4.73. The molecular weight excluding hydrogens is 184 g/mol. The molecule has 0 aromatic rings. The smallest absolute Gasteiger partial charge is 0.0635 e. The van der Waals surface area contributed by atoms with Gasteiger partial charge in [0, 0.05) is 19.5 Å². The van der Waals surface area contributed by atoms with Crippen molar-refractivity contribution in [3.8, 4) is 6.07 Å². The summed E-state index contributed by atoms with van der Waals surface area (Å²) < 4.78 is 0. The largest absolute Gasteiger partial charge is 0.302 e. The lowest BCUT2D eigenvalue weighted by atomic mass is 10.1. The van der Waals surface area contributed by atoms with Crippen LogP contribution in [-0.4, -0.2) is 24.5 Å². The summed E-state index contributed by atoms with van der Waals surface area (Å²) >= 11 is 0. The van der Waals surface area contributed by atoms with E-state index < -0.39 is 0 Å². The molecule has 0 bridgehead atoms. The molecule has 0 N–H and O–H groups in total. The molecule has 0 spiro atoms. The van der Waals surface area contributed by atoms with E-state index in [1.807, 2.05) is 0 Å². The Labute approximate surface area is 95.3 Å². The molecule has 0 atom stereocenters. The Morgan fingerprint density at radius 2 is 1.73 bits per heavy atom. The van der Waals surface area contributed by atoms with Crippen molar-refractivity contribution in [2.75, 3.05) is 19.6 Å². The summed E-state index contributed by atoms with van der Waals surface area (Å²) in [5, 5.41) is 8.59. The Hall–Kier alpha value is -0.550. The first-order valence-electron chi connectivity index (χ1n) is 6.15. The molecule has 0 saturated carbocycles. The van der Waals surface area contributed by atoms with E-state index in [0.29, 0.717) is 12.3 Å².